The number of hydrogen-bond donors (Lipinski definition) is 0. The number of aryl methyl sites for hydroxylation is 1. The van der Waals surface area contributed by atoms with E-state index in [1.54, 1.807) is 0 Å². The molecule has 1 saturated heterocycles. The van der Waals surface area contributed by atoms with E-state index >= 15 is 0 Å². The zero-order valence-electron chi connectivity index (χ0n) is 13.5. The Balaban J connectivity index is 1.44. The van der Waals surface area contributed by atoms with E-state index in [0.29, 0.717) is 17.4 Å². The lowest BCUT2D eigenvalue weighted by molar-refractivity contribution is 0.0711. The number of amides is 1. The Bertz CT molecular complexity index is 710. The van der Waals surface area contributed by atoms with Crippen LogP contribution in [0.3, 0.4) is 0 Å². The fourth-order valence-electron chi connectivity index (χ4n) is 3.67. The Hall–Kier alpha value is -2.10. The molecule has 1 saturated carbocycles. The smallest absolute Gasteiger partial charge is 0.259 e. The highest BCUT2D eigenvalue weighted by Gasteiger charge is 2.34. The van der Waals surface area contributed by atoms with Gasteiger partial charge in [-0.05, 0) is 49.7 Å². The summed E-state index contributed by atoms with van der Waals surface area (Å²) in [5.41, 5.74) is 4.34. The van der Waals surface area contributed by atoms with Gasteiger partial charge in [-0.2, -0.15) is 0 Å². The normalized spacial score (nSPS) is 19.1. The molecular formula is C19H22N2O2. The largest absolute Gasteiger partial charge is 0.364 e. The second-order valence-corrected chi connectivity index (χ2v) is 6.81. The molecule has 0 bridgehead atoms. The van der Waals surface area contributed by atoms with Gasteiger partial charge in [-0.15, -0.1) is 0 Å². The summed E-state index contributed by atoms with van der Waals surface area (Å²) in [7, 11) is 0. The van der Waals surface area contributed by atoms with Gasteiger partial charge in [0.2, 0.25) is 0 Å². The minimum Gasteiger partial charge on any atom is -0.364 e. The van der Waals surface area contributed by atoms with Crippen molar-refractivity contribution in [3.05, 3.63) is 52.9 Å². The van der Waals surface area contributed by atoms with Gasteiger partial charge in [0, 0.05) is 19.0 Å². The summed E-state index contributed by atoms with van der Waals surface area (Å²) in [6.45, 7) is 3.80. The number of hydrogen-bond acceptors (Lipinski definition) is 3. The number of rotatable bonds is 3. The van der Waals surface area contributed by atoms with E-state index < -0.39 is 0 Å². The van der Waals surface area contributed by atoms with Crippen LogP contribution in [0.15, 0.2) is 35.1 Å². The Morgan fingerprint density at radius 3 is 2.57 bits per heavy atom. The number of nitrogens with zero attached hydrogens (tertiary/aromatic N) is 2. The van der Waals surface area contributed by atoms with Crippen LogP contribution in [0, 0.1) is 6.92 Å². The van der Waals surface area contributed by atoms with Crippen molar-refractivity contribution in [3.63, 3.8) is 0 Å². The van der Waals surface area contributed by atoms with E-state index in [2.05, 4.69) is 36.3 Å². The Labute approximate surface area is 136 Å². The third-order valence-corrected chi connectivity index (χ3v) is 5.20. The minimum absolute atomic E-state index is 0.0939. The van der Waals surface area contributed by atoms with E-state index in [1.165, 1.54) is 17.4 Å². The molecule has 120 valence electrons. The molecule has 0 radical (unpaired) electrons. The van der Waals surface area contributed by atoms with Crippen molar-refractivity contribution in [1.29, 1.82) is 0 Å². The molecule has 23 heavy (non-hydrogen) atoms. The quantitative estimate of drug-likeness (QED) is 0.864. The van der Waals surface area contributed by atoms with Crippen LogP contribution in [0.1, 0.15) is 64.7 Å². The molecule has 4 heteroatoms. The summed E-state index contributed by atoms with van der Waals surface area (Å²) < 4.78 is 5.07. The number of likely N-dealkylation sites (tertiary alicyclic amines) is 1. The van der Waals surface area contributed by atoms with E-state index in [9.17, 15) is 4.79 Å². The van der Waals surface area contributed by atoms with Crippen LogP contribution in [-0.2, 0) is 0 Å². The van der Waals surface area contributed by atoms with Crippen molar-refractivity contribution in [3.8, 4) is 0 Å². The van der Waals surface area contributed by atoms with Crippen molar-refractivity contribution in [1.82, 2.24) is 10.1 Å². The molecule has 2 heterocycles. The standard InChI is InChI=1S/C19H22N2O2/c1-13-4-2-3-5-16(13)14-8-10-21(11-9-14)19(22)17-12-23-20-18(17)15-6-7-15/h2-5,12,14-15H,6-11H2,1H3. The molecule has 1 aliphatic heterocycles. The molecule has 2 aromatic rings. The predicted octanol–water partition coefficient (Wildman–Crippen LogP) is 3.88. The summed E-state index contributed by atoms with van der Waals surface area (Å²) in [5, 5.41) is 4.05. The van der Waals surface area contributed by atoms with E-state index in [0.717, 1.165) is 44.5 Å². The number of carbonyl (C=O) groups excluding carboxylic acids is 1. The van der Waals surface area contributed by atoms with Crippen LogP contribution < -0.4 is 0 Å². The molecule has 1 amide bonds. The van der Waals surface area contributed by atoms with Crippen molar-refractivity contribution < 1.29 is 9.32 Å². The Kier molecular flexibility index (Phi) is 3.68. The first-order valence-electron chi connectivity index (χ1n) is 8.53. The maximum absolute atomic E-state index is 12.7. The lowest BCUT2D eigenvalue weighted by Gasteiger charge is -2.32. The molecule has 2 aliphatic rings. The van der Waals surface area contributed by atoms with E-state index in [4.69, 9.17) is 4.52 Å². The van der Waals surface area contributed by atoms with Crippen molar-refractivity contribution in [2.45, 2.75) is 44.4 Å². The van der Waals surface area contributed by atoms with Crippen LogP contribution in [0.25, 0.3) is 0 Å². The molecule has 0 spiro atoms. The van der Waals surface area contributed by atoms with Gasteiger partial charge >= 0.3 is 0 Å². The van der Waals surface area contributed by atoms with Gasteiger partial charge in [0.1, 0.15) is 11.8 Å². The molecule has 0 atom stereocenters. The highest BCUT2D eigenvalue weighted by molar-refractivity contribution is 5.95. The zero-order valence-corrected chi connectivity index (χ0v) is 13.5. The molecule has 4 rings (SSSR count). The van der Waals surface area contributed by atoms with Gasteiger partial charge in [0.05, 0.1) is 5.69 Å². The highest BCUT2D eigenvalue weighted by atomic mass is 16.5. The molecule has 1 aliphatic carbocycles. The first-order chi connectivity index (χ1) is 11.2. The molecule has 4 nitrogen and oxygen atoms in total. The molecule has 0 unspecified atom stereocenters. The van der Waals surface area contributed by atoms with Crippen LogP contribution >= 0.6 is 0 Å². The average Bonchev–Trinajstić information content (AvgIpc) is 3.32. The SMILES string of the molecule is Cc1ccccc1C1CCN(C(=O)c2conc2C2CC2)CC1. The summed E-state index contributed by atoms with van der Waals surface area (Å²) in [6.07, 6.45) is 5.84. The number of piperidine rings is 1. The number of benzene rings is 1. The zero-order chi connectivity index (χ0) is 15.8. The van der Waals surface area contributed by atoms with Gasteiger partial charge in [-0.3, -0.25) is 4.79 Å². The predicted molar refractivity (Wildman–Crippen MR) is 87.5 cm³/mol. The van der Waals surface area contributed by atoms with E-state index in [1.807, 2.05) is 4.90 Å². The van der Waals surface area contributed by atoms with Gasteiger partial charge in [-0.25, -0.2) is 0 Å². The van der Waals surface area contributed by atoms with Crippen LogP contribution in [-0.4, -0.2) is 29.1 Å². The number of carbonyl (C=O) groups is 1. The summed E-state index contributed by atoms with van der Waals surface area (Å²) in [6, 6.07) is 8.59. The second-order valence-electron chi connectivity index (χ2n) is 6.81. The monoisotopic (exact) mass is 310 g/mol. The first kappa shape index (κ1) is 14.5. The fraction of sp³-hybridized carbons (Fsp3) is 0.474. The Morgan fingerprint density at radius 2 is 1.87 bits per heavy atom. The first-order valence-corrected chi connectivity index (χ1v) is 8.53. The molecule has 1 aromatic carbocycles. The third kappa shape index (κ3) is 2.78. The lowest BCUT2D eigenvalue weighted by atomic mass is 9.87. The summed E-state index contributed by atoms with van der Waals surface area (Å²) in [4.78, 5) is 14.7. The van der Waals surface area contributed by atoms with Gasteiger partial charge in [0.25, 0.3) is 5.91 Å². The van der Waals surface area contributed by atoms with Crippen LogP contribution in [0.4, 0.5) is 0 Å². The topological polar surface area (TPSA) is 46.3 Å². The minimum atomic E-state index is 0.0939. The van der Waals surface area contributed by atoms with E-state index in [-0.39, 0.29) is 5.91 Å². The number of aromatic nitrogens is 1. The summed E-state index contributed by atoms with van der Waals surface area (Å²) >= 11 is 0. The average molecular weight is 310 g/mol. The Morgan fingerprint density at radius 1 is 1.13 bits per heavy atom. The van der Waals surface area contributed by atoms with Gasteiger partial charge in [0.15, 0.2) is 0 Å². The van der Waals surface area contributed by atoms with Gasteiger partial charge < -0.3 is 9.42 Å². The van der Waals surface area contributed by atoms with Crippen molar-refractivity contribution in [2.75, 3.05) is 13.1 Å². The van der Waals surface area contributed by atoms with Crippen LogP contribution in [0.2, 0.25) is 0 Å². The maximum Gasteiger partial charge on any atom is 0.259 e. The van der Waals surface area contributed by atoms with Crippen molar-refractivity contribution in [2.24, 2.45) is 0 Å². The van der Waals surface area contributed by atoms with Crippen molar-refractivity contribution >= 4 is 5.91 Å². The summed E-state index contributed by atoms with van der Waals surface area (Å²) in [5.74, 6) is 1.10. The molecule has 1 aromatic heterocycles. The molecule has 0 N–H and O–H groups in total. The second kappa shape index (κ2) is 5.84. The van der Waals surface area contributed by atoms with Gasteiger partial charge in [-0.1, -0.05) is 29.4 Å². The van der Waals surface area contributed by atoms with Crippen LogP contribution in [0.5, 0.6) is 0 Å². The third-order valence-electron chi connectivity index (χ3n) is 5.20. The fourth-order valence-corrected chi connectivity index (χ4v) is 3.67. The molecule has 2 fully saturated rings. The lowest BCUT2D eigenvalue weighted by Crippen LogP contribution is -2.38. The highest BCUT2D eigenvalue weighted by Crippen LogP contribution is 2.41. The maximum atomic E-state index is 12.7. The molecular weight excluding hydrogens is 288 g/mol.